The Balaban J connectivity index is 0.00000576. The van der Waals surface area contributed by atoms with E-state index in [-0.39, 0.29) is 30.5 Å². The minimum atomic E-state index is -3.35. The molecular weight excluding hydrogens is 465 g/mol. The van der Waals surface area contributed by atoms with E-state index in [0.717, 1.165) is 12.3 Å². The second kappa shape index (κ2) is 9.62. The number of aliphatic imine (C=N–C) groups is 1. The number of rotatable bonds is 6. The average molecular weight is 490 g/mol. The maximum absolute atomic E-state index is 13.8. The van der Waals surface area contributed by atoms with E-state index in [0.29, 0.717) is 11.5 Å². The van der Waals surface area contributed by atoms with Crippen molar-refractivity contribution in [3.05, 3.63) is 35.4 Å². The lowest BCUT2D eigenvalue weighted by Crippen LogP contribution is -2.53. The van der Waals surface area contributed by atoms with Crippen LogP contribution in [-0.4, -0.2) is 39.8 Å². The van der Waals surface area contributed by atoms with Gasteiger partial charge < -0.3 is 10.6 Å². The fourth-order valence-electron chi connectivity index (χ4n) is 2.17. The van der Waals surface area contributed by atoms with Gasteiger partial charge in [0.05, 0.1) is 12.3 Å². The third-order valence-corrected chi connectivity index (χ3v) is 4.09. The summed E-state index contributed by atoms with van der Waals surface area (Å²) in [6.45, 7) is 5.41. The number of guanidine groups is 1. The third kappa shape index (κ3) is 8.77. The van der Waals surface area contributed by atoms with Gasteiger partial charge in [-0.3, -0.25) is 4.99 Å². The van der Waals surface area contributed by atoms with Gasteiger partial charge in [-0.2, -0.15) is 0 Å². The first-order valence-electron chi connectivity index (χ1n) is 7.34. The van der Waals surface area contributed by atoms with Crippen LogP contribution in [0.4, 0.5) is 8.78 Å². The van der Waals surface area contributed by atoms with Gasteiger partial charge in [-0.1, -0.05) is 6.07 Å². The fraction of sp³-hybridized carbons (Fsp3) is 0.533. The van der Waals surface area contributed by atoms with Crippen molar-refractivity contribution in [1.29, 1.82) is 0 Å². The minimum Gasteiger partial charge on any atom is -0.355 e. The Morgan fingerprint density at radius 2 is 1.92 bits per heavy atom. The zero-order valence-corrected chi connectivity index (χ0v) is 18.0. The first-order valence-corrected chi connectivity index (χ1v) is 9.24. The Morgan fingerprint density at radius 1 is 1.32 bits per heavy atom. The molecule has 3 N–H and O–H groups in total. The molecule has 0 spiro atoms. The number of nitrogens with one attached hydrogen (secondary N) is 3. The van der Waals surface area contributed by atoms with Gasteiger partial charge in [0.15, 0.2) is 5.96 Å². The zero-order valence-electron chi connectivity index (χ0n) is 14.9. The predicted molar refractivity (Wildman–Crippen MR) is 107 cm³/mol. The summed E-state index contributed by atoms with van der Waals surface area (Å²) in [5.41, 5.74) is -0.442. The average Bonchev–Trinajstić information content (AvgIpc) is 2.40. The minimum absolute atomic E-state index is 0. The molecule has 0 radical (unpaired) electrons. The van der Waals surface area contributed by atoms with E-state index < -0.39 is 33.2 Å². The molecule has 1 aromatic rings. The highest BCUT2D eigenvalue weighted by Crippen LogP contribution is 2.17. The molecule has 1 rings (SSSR count). The van der Waals surface area contributed by atoms with Crippen LogP contribution in [0.15, 0.2) is 23.2 Å². The first kappa shape index (κ1) is 24.0. The molecule has 1 aromatic carbocycles. The van der Waals surface area contributed by atoms with Crippen molar-refractivity contribution in [1.82, 2.24) is 15.4 Å². The number of hydrogen-bond acceptors (Lipinski definition) is 3. The van der Waals surface area contributed by atoms with Crippen LogP contribution in [0, 0.1) is 11.6 Å². The van der Waals surface area contributed by atoms with Crippen LogP contribution in [0.5, 0.6) is 0 Å². The van der Waals surface area contributed by atoms with Crippen molar-refractivity contribution < 1.29 is 17.2 Å². The summed E-state index contributed by atoms with van der Waals surface area (Å²) < 4.78 is 51.9. The molecule has 10 heteroatoms. The molecule has 0 aliphatic carbocycles. The molecule has 0 fully saturated rings. The van der Waals surface area contributed by atoms with Gasteiger partial charge in [-0.15, -0.1) is 24.0 Å². The van der Waals surface area contributed by atoms with E-state index in [1.165, 1.54) is 12.1 Å². The van der Waals surface area contributed by atoms with Crippen LogP contribution < -0.4 is 15.4 Å². The molecule has 0 aromatic heterocycles. The van der Waals surface area contributed by atoms with E-state index in [9.17, 15) is 17.2 Å². The fourth-order valence-corrected chi connectivity index (χ4v) is 3.25. The molecule has 1 atom stereocenters. The number of benzene rings is 1. The second-order valence-electron chi connectivity index (χ2n) is 6.22. The summed E-state index contributed by atoms with van der Waals surface area (Å²) >= 11 is 0. The summed E-state index contributed by atoms with van der Waals surface area (Å²) in [6, 6.07) is 2.92. The largest absolute Gasteiger partial charge is 0.355 e. The molecule has 25 heavy (non-hydrogen) atoms. The number of nitrogens with zero attached hydrogens (tertiary/aromatic N) is 1. The Bertz CT molecular complexity index is 711. The highest BCUT2D eigenvalue weighted by atomic mass is 127. The SMILES string of the molecule is CN=C(NCC(C)(C)NS(C)(=O)=O)NC(C)c1ccc(F)cc1F.I. The molecule has 6 nitrogen and oxygen atoms in total. The van der Waals surface area contributed by atoms with E-state index in [1.807, 2.05) is 0 Å². The maximum Gasteiger partial charge on any atom is 0.209 e. The molecule has 0 amide bonds. The van der Waals surface area contributed by atoms with E-state index >= 15 is 0 Å². The summed E-state index contributed by atoms with van der Waals surface area (Å²) in [7, 11) is -1.81. The molecule has 0 saturated heterocycles. The van der Waals surface area contributed by atoms with Crippen molar-refractivity contribution in [2.75, 3.05) is 19.8 Å². The van der Waals surface area contributed by atoms with Gasteiger partial charge in [0, 0.05) is 30.8 Å². The lowest BCUT2D eigenvalue weighted by atomic mass is 10.1. The van der Waals surface area contributed by atoms with Crippen LogP contribution in [0.1, 0.15) is 32.4 Å². The maximum atomic E-state index is 13.8. The quantitative estimate of drug-likeness (QED) is 0.324. The van der Waals surface area contributed by atoms with Crippen molar-refractivity contribution in [3.63, 3.8) is 0 Å². The standard InChI is InChI=1S/C15H24F2N4O2S.HI/c1-10(12-7-6-11(16)8-13(12)17)20-14(18-4)19-9-15(2,3)21-24(5,22)23;/h6-8,10,21H,9H2,1-5H3,(H2,18,19,20);1H. The Labute approximate surface area is 164 Å². The van der Waals surface area contributed by atoms with Crippen LogP contribution in [0.2, 0.25) is 0 Å². The number of halogens is 3. The van der Waals surface area contributed by atoms with Crippen molar-refractivity contribution in [3.8, 4) is 0 Å². The van der Waals surface area contributed by atoms with Crippen LogP contribution in [-0.2, 0) is 10.0 Å². The second-order valence-corrected chi connectivity index (χ2v) is 7.96. The van der Waals surface area contributed by atoms with Gasteiger partial charge >= 0.3 is 0 Å². The van der Waals surface area contributed by atoms with Crippen LogP contribution in [0.25, 0.3) is 0 Å². The van der Waals surface area contributed by atoms with E-state index in [4.69, 9.17) is 0 Å². The Morgan fingerprint density at radius 3 is 2.40 bits per heavy atom. The summed E-state index contributed by atoms with van der Waals surface area (Å²) in [5, 5.41) is 5.96. The Hall–Kier alpha value is -1.01. The van der Waals surface area contributed by atoms with Crippen LogP contribution >= 0.6 is 24.0 Å². The molecular formula is C15H25F2IN4O2S. The topological polar surface area (TPSA) is 82.6 Å². The van der Waals surface area contributed by atoms with Crippen molar-refractivity contribution in [2.24, 2.45) is 4.99 Å². The molecule has 0 aliphatic rings. The number of sulfonamides is 1. The molecule has 144 valence electrons. The predicted octanol–water partition coefficient (Wildman–Crippen LogP) is 2.14. The molecule has 0 bridgehead atoms. The lowest BCUT2D eigenvalue weighted by Gasteiger charge is -2.27. The van der Waals surface area contributed by atoms with Gasteiger partial charge in [-0.25, -0.2) is 21.9 Å². The summed E-state index contributed by atoms with van der Waals surface area (Å²) in [5.74, 6) is -0.918. The van der Waals surface area contributed by atoms with E-state index in [2.05, 4.69) is 20.3 Å². The van der Waals surface area contributed by atoms with Gasteiger partial charge in [-0.05, 0) is 26.8 Å². The highest BCUT2D eigenvalue weighted by Gasteiger charge is 2.22. The summed E-state index contributed by atoms with van der Waals surface area (Å²) in [6.07, 6.45) is 1.08. The lowest BCUT2D eigenvalue weighted by molar-refractivity contribution is 0.445. The Kier molecular flexibility index (Phi) is 9.23. The normalized spacial score (nSPS) is 13.8. The van der Waals surface area contributed by atoms with Gasteiger partial charge in [0.1, 0.15) is 11.6 Å². The zero-order chi connectivity index (χ0) is 18.5. The van der Waals surface area contributed by atoms with E-state index in [1.54, 1.807) is 27.8 Å². The third-order valence-electron chi connectivity index (χ3n) is 3.17. The van der Waals surface area contributed by atoms with Crippen molar-refractivity contribution >= 4 is 40.0 Å². The molecule has 0 saturated carbocycles. The highest BCUT2D eigenvalue weighted by molar-refractivity contribution is 14.0. The first-order chi connectivity index (χ1) is 10.9. The monoisotopic (exact) mass is 490 g/mol. The molecule has 0 heterocycles. The van der Waals surface area contributed by atoms with Crippen molar-refractivity contribution in [2.45, 2.75) is 32.4 Å². The smallest absolute Gasteiger partial charge is 0.209 e. The molecule has 1 unspecified atom stereocenters. The van der Waals surface area contributed by atoms with Gasteiger partial charge in [0.25, 0.3) is 0 Å². The summed E-state index contributed by atoms with van der Waals surface area (Å²) in [4.78, 5) is 4.02. The van der Waals surface area contributed by atoms with Crippen LogP contribution in [0.3, 0.4) is 0 Å². The number of hydrogen-bond donors (Lipinski definition) is 3. The van der Waals surface area contributed by atoms with Gasteiger partial charge in [0.2, 0.25) is 10.0 Å². The molecule has 0 aliphatic heterocycles.